The maximum atomic E-state index is 13.3. The topological polar surface area (TPSA) is 140 Å². The Hall–Kier alpha value is -4.00. The van der Waals surface area contributed by atoms with E-state index in [0.717, 1.165) is 44.6 Å². The molecule has 11 nitrogen and oxygen atoms in total. The number of carbonyl (C=O) groups excluding carboxylic acids is 1. The molecule has 0 bridgehead atoms. The fourth-order valence-electron chi connectivity index (χ4n) is 9.30. The van der Waals surface area contributed by atoms with Gasteiger partial charge in [0.25, 0.3) is 15.9 Å². The largest absolute Gasteiger partial charge is 0.477 e. The number of nitrogens with zero attached hydrogens (tertiary/aromatic N) is 4. The van der Waals surface area contributed by atoms with Crippen LogP contribution in [-0.4, -0.2) is 59.3 Å². The number of carbonyl (C=O) groups is 1. The summed E-state index contributed by atoms with van der Waals surface area (Å²) >= 11 is 6.41. The molecule has 3 aliphatic carbocycles. The van der Waals surface area contributed by atoms with Crippen LogP contribution in [0, 0.1) is 28.6 Å². The number of halogens is 1. The quantitative estimate of drug-likeness (QED) is 0.105. The summed E-state index contributed by atoms with van der Waals surface area (Å²) in [7, 11) is -4.31. The van der Waals surface area contributed by atoms with Gasteiger partial charge in [-0.1, -0.05) is 48.0 Å². The Balaban J connectivity index is 0.848. The first-order valence-corrected chi connectivity index (χ1v) is 20.8. The third-order valence-electron chi connectivity index (χ3n) is 12.3. The number of nitrogens with one attached hydrogen (secondary N) is 3. The van der Waals surface area contributed by atoms with Gasteiger partial charge in [-0.15, -0.1) is 5.10 Å². The minimum atomic E-state index is -4.31. The molecule has 1 amide bonds. The van der Waals surface area contributed by atoms with Crippen LogP contribution < -0.4 is 20.1 Å². The van der Waals surface area contributed by atoms with E-state index in [9.17, 15) is 13.2 Å². The first-order chi connectivity index (χ1) is 25.5. The fourth-order valence-corrected chi connectivity index (χ4v) is 10.5. The van der Waals surface area contributed by atoms with Crippen LogP contribution in [0.1, 0.15) is 81.1 Å². The number of sulfonamides is 1. The number of hydrogen-bond donors (Lipinski definition) is 3. The summed E-state index contributed by atoms with van der Waals surface area (Å²) < 4.78 is 36.2. The number of anilines is 1. The molecule has 4 fully saturated rings. The molecular weight excluding hydrogens is 710 g/mol. The monoisotopic (exact) mass is 757 g/mol. The molecule has 2 atom stereocenters. The van der Waals surface area contributed by atoms with Crippen LogP contribution >= 0.6 is 11.6 Å². The number of rotatable bonds is 16. The summed E-state index contributed by atoms with van der Waals surface area (Å²) in [5, 5.41) is 11.0. The molecule has 1 aliphatic heterocycles. The van der Waals surface area contributed by atoms with Crippen molar-refractivity contribution in [2.45, 2.75) is 82.2 Å². The van der Waals surface area contributed by atoms with Gasteiger partial charge in [-0.25, -0.2) is 19.4 Å². The standard InChI is InChI=1S/C40H48ClN7O4S/c1-38(2)25-29(26-43-38)28(12-11-27-7-4-3-5-8-27)15-22-42-32-9-6-10-35(44-32)53(50,51)47-37(49)30-13-14-33(45-36(30)41)48-23-16-34(46-48)52-24-17-31-39(18-19-39)40(31)20-21-40/h3-10,13-14,16,23,28-29,31,43H,11-12,15,17-22,24-26H2,1-2H3,(H,42,44)(H,47,49). The minimum absolute atomic E-state index is 0.0875. The number of hydrogen-bond acceptors (Lipinski definition) is 9. The predicted molar refractivity (Wildman–Crippen MR) is 204 cm³/mol. The van der Waals surface area contributed by atoms with Crippen LogP contribution in [0.2, 0.25) is 5.15 Å². The number of ether oxygens (including phenoxy) is 1. The van der Waals surface area contributed by atoms with Gasteiger partial charge in [-0.3, -0.25) is 4.79 Å². The lowest BCUT2D eigenvalue weighted by molar-refractivity contribution is 0.0981. The van der Waals surface area contributed by atoms with Crippen molar-refractivity contribution < 1.29 is 17.9 Å². The molecule has 1 saturated heterocycles. The van der Waals surface area contributed by atoms with Crippen molar-refractivity contribution in [3.63, 3.8) is 0 Å². The second-order valence-electron chi connectivity index (χ2n) is 16.1. The summed E-state index contributed by atoms with van der Waals surface area (Å²) in [5.74, 6) is 2.23. The molecule has 0 radical (unpaired) electrons. The minimum Gasteiger partial charge on any atom is -0.477 e. The molecule has 4 aliphatic rings. The van der Waals surface area contributed by atoms with Crippen molar-refractivity contribution in [2.75, 3.05) is 25.0 Å². The lowest BCUT2D eigenvalue weighted by atomic mass is 9.81. The summed E-state index contributed by atoms with van der Waals surface area (Å²) in [4.78, 5) is 21.8. The second-order valence-corrected chi connectivity index (χ2v) is 18.1. The molecule has 2 unspecified atom stereocenters. The SMILES string of the molecule is CC1(C)CC(C(CCNc2cccc(S(=O)(=O)NC(=O)c3ccc(-n4ccc(OCCC5C6(CC6)C56CC6)n4)nc3Cl)n2)CCc2ccccc2)CN1. The lowest BCUT2D eigenvalue weighted by Gasteiger charge is -2.25. The molecule has 1 aromatic carbocycles. The van der Waals surface area contributed by atoms with E-state index in [1.54, 1.807) is 30.5 Å². The number of aromatic nitrogens is 4. The van der Waals surface area contributed by atoms with Gasteiger partial charge >= 0.3 is 0 Å². The first kappa shape index (κ1) is 36.0. The summed E-state index contributed by atoms with van der Waals surface area (Å²) in [5.41, 5.74) is 2.67. The molecule has 3 aromatic heterocycles. The van der Waals surface area contributed by atoms with Crippen LogP contribution in [0.4, 0.5) is 5.82 Å². The van der Waals surface area contributed by atoms with E-state index < -0.39 is 15.9 Å². The molecule has 280 valence electrons. The number of pyridine rings is 2. The van der Waals surface area contributed by atoms with Gasteiger partial charge in [-0.2, -0.15) is 8.42 Å². The first-order valence-electron chi connectivity index (χ1n) is 18.9. The van der Waals surface area contributed by atoms with E-state index in [1.165, 1.54) is 48.1 Å². The fraction of sp³-hybridized carbons (Fsp3) is 0.500. The molecule has 4 heterocycles. The molecule has 8 rings (SSSR count). The summed E-state index contributed by atoms with van der Waals surface area (Å²) in [6.45, 7) is 6.76. The normalized spacial score (nSPS) is 21.0. The molecule has 2 spiro atoms. The van der Waals surface area contributed by atoms with E-state index in [4.69, 9.17) is 16.3 Å². The van der Waals surface area contributed by atoms with Crippen molar-refractivity contribution in [1.29, 1.82) is 0 Å². The molecule has 4 aromatic rings. The van der Waals surface area contributed by atoms with Gasteiger partial charge in [0.05, 0.1) is 12.2 Å². The van der Waals surface area contributed by atoms with E-state index in [2.05, 4.69) is 68.5 Å². The number of aryl methyl sites for hydroxylation is 1. The Labute approximate surface area is 316 Å². The highest BCUT2D eigenvalue weighted by Crippen LogP contribution is 2.93. The zero-order valence-corrected chi connectivity index (χ0v) is 31.9. The van der Waals surface area contributed by atoms with Gasteiger partial charge < -0.3 is 15.4 Å². The van der Waals surface area contributed by atoms with Crippen LogP contribution in [0.5, 0.6) is 5.88 Å². The Morgan fingerprint density at radius 2 is 1.77 bits per heavy atom. The highest BCUT2D eigenvalue weighted by atomic mass is 35.5. The number of amides is 1. The van der Waals surface area contributed by atoms with E-state index in [-0.39, 0.29) is 21.3 Å². The van der Waals surface area contributed by atoms with Crippen molar-refractivity contribution in [2.24, 2.45) is 28.6 Å². The molecule has 13 heteroatoms. The van der Waals surface area contributed by atoms with Crippen molar-refractivity contribution in [3.05, 3.63) is 89.2 Å². The lowest BCUT2D eigenvalue weighted by Crippen LogP contribution is -2.31. The van der Waals surface area contributed by atoms with Crippen LogP contribution in [-0.2, 0) is 16.4 Å². The van der Waals surface area contributed by atoms with Gasteiger partial charge in [0.2, 0.25) is 5.88 Å². The van der Waals surface area contributed by atoms with Gasteiger partial charge in [-0.05, 0) is 137 Å². The average Bonchev–Trinajstić information content (AvgIpc) is 4.09. The third-order valence-corrected chi connectivity index (χ3v) is 13.9. The third kappa shape index (κ3) is 7.55. The number of benzene rings is 1. The Kier molecular flexibility index (Phi) is 9.52. The Morgan fingerprint density at radius 1 is 1.00 bits per heavy atom. The average molecular weight is 758 g/mol. The van der Waals surface area contributed by atoms with Gasteiger partial charge in [0.15, 0.2) is 10.8 Å². The van der Waals surface area contributed by atoms with Crippen molar-refractivity contribution in [3.8, 4) is 11.7 Å². The highest BCUT2D eigenvalue weighted by molar-refractivity contribution is 7.90. The van der Waals surface area contributed by atoms with E-state index in [0.29, 0.717) is 53.3 Å². The second kappa shape index (κ2) is 14.0. The Bertz CT molecular complexity index is 2060. The van der Waals surface area contributed by atoms with E-state index in [1.807, 2.05) is 6.07 Å². The smallest absolute Gasteiger partial charge is 0.281 e. The number of fused-ring (bicyclic) bond motifs is 1. The predicted octanol–water partition coefficient (Wildman–Crippen LogP) is 6.83. The van der Waals surface area contributed by atoms with Gasteiger partial charge in [0.1, 0.15) is 11.0 Å². The van der Waals surface area contributed by atoms with Crippen LogP contribution in [0.3, 0.4) is 0 Å². The molecule has 3 N–H and O–H groups in total. The maximum Gasteiger partial charge on any atom is 0.281 e. The Morgan fingerprint density at radius 3 is 2.47 bits per heavy atom. The summed E-state index contributed by atoms with van der Waals surface area (Å²) in [6, 6.07) is 20.0. The van der Waals surface area contributed by atoms with Crippen LogP contribution in [0.25, 0.3) is 5.82 Å². The molecule has 53 heavy (non-hydrogen) atoms. The molecular formula is C40H48ClN7O4S. The van der Waals surface area contributed by atoms with Crippen LogP contribution in [0.15, 0.2) is 78.0 Å². The summed E-state index contributed by atoms with van der Waals surface area (Å²) in [6.07, 6.45) is 12.4. The van der Waals surface area contributed by atoms with Gasteiger partial charge in [0, 0.05) is 24.3 Å². The van der Waals surface area contributed by atoms with E-state index >= 15 is 0 Å². The van der Waals surface area contributed by atoms with Crippen molar-refractivity contribution >= 4 is 33.3 Å². The molecule has 3 saturated carbocycles. The zero-order valence-electron chi connectivity index (χ0n) is 30.4. The zero-order chi connectivity index (χ0) is 36.8. The highest BCUT2D eigenvalue weighted by Gasteiger charge is 2.85. The maximum absolute atomic E-state index is 13.3. The van der Waals surface area contributed by atoms with Crippen molar-refractivity contribution in [1.82, 2.24) is 29.8 Å².